The van der Waals surface area contributed by atoms with Gasteiger partial charge in [-0.2, -0.15) is 4.31 Å². The van der Waals surface area contributed by atoms with E-state index in [1.807, 2.05) is 36.4 Å². The van der Waals surface area contributed by atoms with Crippen molar-refractivity contribution < 1.29 is 13.5 Å². The lowest BCUT2D eigenvalue weighted by molar-refractivity contribution is 0.347. The van der Waals surface area contributed by atoms with Crippen molar-refractivity contribution in [3.05, 3.63) is 71.8 Å². The van der Waals surface area contributed by atoms with Gasteiger partial charge in [0.2, 0.25) is 0 Å². The van der Waals surface area contributed by atoms with E-state index in [-0.39, 0.29) is 5.75 Å². The molecular weight excluding hydrogens is 390 g/mol. The highest BCUT2D eigenvalue weighted by Gasteiger charge is 2.27. The van der Waals surface area contributed by atoms with Gasteiger partial charge in [0.1, 0.15) is 9.96 Å². The lowest BCUT2D eigenvalue weighted by atomic mass is 10.0. The first-order valence-corrected chi connectivity index (χ1v) is 11.8. The maximum atomic E-state index is 12.9. The number of aromatic hydroxyl groups is 1. The van der Waals surface area contributed by atoms with Crippen LogP contribution in [0, 0.1) is 0 Å². The van der Waals surface area contributed by atoms with Gasteiger partial charge in [-0.05, 0) is 60.2 Å². The van der Waals surface area contributed by atoms with Crippen LogP contribution in [0.25, 0.3) is 10.4 Å². The summed E-state index contributed by atoms with van der Waals surface area (Å²) >= 11 is 1.33. The molecule has 0 atom stereocenters. The monoisotopic (exact) mass is 413 g/mol. The summed E-state index contributed by atoms with van der Waals surface area (Å²) in [7, 11) is -3.39. The maximum Gasteiger partial charge on any atom is 0.252 e. The number of thiophene rings is 1. The highest BCUT2D eigenvalue weighted by molar-refractivity contribution is 7.91. The van der Waals surface area contributed by atoms with E-state index in [0.29, 0.717) is 23.7 Å². The van der Waals surface area contributed by atoms with E-state index in [1.165, 1.54) is 11.3 Å². The first-order chi connectivity index (χ1) is 13.5. The number of nitrogens with zero attached hydrogens (tertiary/aromatic N) is 1. The van der Waals surface area contributed by atoms with Crippen molar-refractivity contribution in [1.82, 2.24) is 4.31 Å². The van der Waals surface area contributed by atoms with Crippen LogP contribution in [-0.4, -0.2) is 30.9 Å². The zero-order valence-electron chi connectivity index (χ0n) is 15.5. The molecule has 1 fully saturated rings. The molecule has 0 amide bonds. The molecule has 0 aliphatic carbocycles. The van der Waals surface area contributed by atoms with Gasteiger partial charge in [0.15, 0.2) is 0 Å². The Labute approximate surface area is 170 Å². The van der Waals surface area contributed by atoms with Gasteiger partial charge in [0.25, 0.3) is 10.0 Å². The lowest BCUT2D eigenvalue weighted by Gasteiger charge is -2.25. The van der Waals surface area contributed by atoms with Crippen molar-refractivity contribution in [2.45, 2.75) is 29.9 Å². The van der Waals surface area contributed by atoms with E-state index in [1.54, 1.807) is 22.5 Å². The molecule has 0 spiro atoms. The minimum atomic E-state index is -3.39. The molecule has 0 saturated carbocycles. The van der Waals surface area contributed by atoms with Crippen molar-refractivity contribution in [2.75, 3.05) is 13.1 Å². The Hall–Kier alpha value is -2.15. The van der Waals surface area contributed by atoms with Crippen LogP contribution in [0.15, 0.2) is 64.9 Å². The molecule has 0 radical (unpaired) electrons. The number of benzene rings is 2. The van der Waals surface area contributed by atoms with E-state index >= 15 is 0 Å². The summed E-state index contributed by atoms with van der Waals surface area (Å²) in [6.45, 7) is 1.24. The van der Waals surface area contributed by atoms with Gasteiger partial charge >= 0.3 is 0 Å². The second-order valence-electron chi connectivity index (χ2n) is 7.13. The summed E-state index contributed by atoms with van der Waals surface area (Å²) in [6, 6.07) is 19.0. The minimum Gasteiger partial charge on any atom is -0.508 e. The number of rotatable bonds is 5. The summed E-state index contributed by atoms with van der Waals surface area (Å²) in [5.74, 6) is 0.263. The predicted octanol–water partition coefficient (Wildman–Crippen LogP) is 4.89. The summed E-state index contributed by atoms with van der Waals surface area (Å²) in [6.07, 6.45) is 3.70. The van der Waals surface area contributed by atoms with Crippen LogP contribution in [-0.2, 0) is 16.4 Å². The zero-order valence-corrected chi connectivity index (χ0v) is 17.2. The molecule has 146 valence electrons. The molecule has 4 rings (SSSR count). The molecule has 1 aliphatic rings. The smallest absolute Gasteiger partial charge is 0.252 e. The van der Waals surface area contributed by atoms with Crippen LogP contribution in [0.1, 0.15) is 30.4 Å². The number of phenols is 1. The summed E-state index contributed by atoms with van der Waals surface area (Å²) < 4.78 is 27.8. The molecule has 4 nitrogen and oxygen atoms in total. The fourth-order valence-corrected chi connectivity index (χ4v) is 6.56. The molecular formula is C22H23NO3S2. The van der Waals surface area contributed by atoms with Gasteiger partial charge < -0.3 is 5.11 Å². The van der Waals surface area contributed by atoms with E-state index in [9.17, 15) is 13.5 Å². The fraction of sp³-hybridized carbons (Fsp3) is 0.273. The third-order valence-electron chi connectivity index (χ3n) is 5.02. The van der Waals surface area contributed by atoms with Gasteiger partial charge in [0.05, 0.1) is 0 Å². The Balaban J connectivity index is 1.57. The van der Waals surface area contributed by atoms with Crippen molar-refractivity contribution >= 4 is 21.4 Å². The zero-order chi connectivity index (χ0) is 19.6. The predicted molar refractivity (Wildman–Crippen MR) is 113 cm³/mol. The third-order valence-corrected chi connectivity index (χ3v) is 8.52. The second kappa shape index (κ2) is 8.07. The van der Waals surface area contributed by atoms with Crippen molar-refractivity contribution in [3.8, 4) is 16.2 Å². The van der Waals surface area contributed by atoms with Crippen molar-refractivity contribution in [3.63, 3.8) is 0 Å². The average molecular weight is 414 g/mol. The van der Waals surface area contributed by atoms with Crippen LogP contribution < -0.4 is 0 Å². The van der Waals surface area contributed by atoms with Crippen molar-refractivity contribution in [2.24, 2.45) is 0 Å². The van der Waals surface area contributed by atoms with Crippen LogP contribution in [0.2, 0.25) is 0 Å². The molecule has 28 heavy (non-hydrogen) atoms. The van der Waals surface area contributed by atoms with E-state index in [2.05, 4.69) is 6.07 Å². The molecule has 6 heteroatoms. The fourth-order valence-electron chi connectivity index (χ4n) is 3.58. The molecule has 1 saturated heterocycles. The van der Waals surface area contributed by atoms with E-state index in [4.69, 9.17) is 0 Å². The van der Waals surface area contributed by atoms with Crippen LogP contribution in [0.3, 0.4) is 0 Å². The van der Waals surface area contributed by atoms with Gasteiger partial charge in [-0.25, -0.2) is 8.42 Å². The first kappa shape index (κ1) is 19.2. The number of piperidine rings is 1. The number of phenolic OH excluding ortho intramolecular Hbond substituents is 1. The van der Waals surface area contributed by atoms with Gasteiger partial charge in [0, 0.05) is 18.0 Å². The highest BCUT2D eigenvalue weighted by Crippen LogP contribution is 2.33. The van der Waals surface area contributed by atoms with Gasteiger partial charge in [-0.1, -0.05) is 42.8 Å². The number of sulfonamides is 1. The quantitative estimate of drug-likeness (QED) is 0.648. The molecule has 2 aromatic carbocycles. The Kier molecular flexibility index (Phi) is 5.53. The first-order valence-electron chi connectivity index (χ1n) is 9.49. The summed E-state index contributed by atoms with van der Waals surface area (Å²) in [5, 5.41) is 9.65. The molecule has 2 heterocycles. The molecule has 0 unspecified atom stereocenters. The second-order valence-corrected chi connectivity index (χ2v) is 10.4. The minimum absolute atomic E-state index is 0.263. The lowest BCUT2D eigenvalue weighted by Crippen LogP contribution is -2.35. The topological polar surface area (TPSA) is 57.6 Å². The molecule has 1 aliphatic heterocycles. The Morgan fingerprint density at radius 3 is 2.36 bits per heavy atom. The van der Waals surface area contributed by atoms with E-state index < -0.39 is 10.0 Å². The van der Waals surface area contributed by atoms with Crippen molar-refractivity contribution in [1.29, 1.82) is 0 Å². The molecule has 1 N–H and O–H groups in total. The summed E-state index contributed by atoms with van der Waals surface area (Å²) in [5.41, 5.74) is 3.18. The van der Waals surface area contributed by atoms with Gasteiger partial charge in [-0.15, -0.1) is 11.3 Å². The van der Waals surface area contributed by atoms with E-state index in [0.717, 1.165) is 40.8 Å². The standard InChI is InChI=1S/C22H23NO3S2/c24-20-9-5-7-18(16-20)14-17-6-4-8-19(15-17)21-10-11-22(27-21)28(25,26)23-12-2-1-3-13-23/h4-11,15-16,24H,1-3,12-14H2. The van der Waals surface area contributed by atoms with Gasteiger partial charge in [-0.3, -0.25) is 0 Å². The highest BCUT2D eigenvalue weighted by atomic mass is 32.2. The Morgan fingerprint density at radius 1 is 0.893 bits per heavy atom. The van der Waals surface area contributed by atoms with Crippen LogP contribution in [0.5, 0.6) is 5.75 Å². The summed E-state index contributed by atoms with van der Waals surface area (Å²) in [4.78, 5) is 0.952. The largest absolute Gasteiger partial charge is 0.508 e. The number of hydrogen-bond acceptors (Lipinski definition) is 4. The Morgan fingerprint density at radius 2 is 1.61 bits per heavy atom. The number of hydrogen-bond donors (Lipinski definition) is 1. The third kappa shape index (κ3) is 4.14. The SMILES string of the molecule is O=S(=O)(c1ccc(-c2cccc(Cc3cccc(O)c3)c2)s1)N1CCCCC1. The van der Waals surface area contributed by atoms with Crippen LogP contribution >= 0.6 is 11.3 Å². The average Bonchev–Trinajstić information content (AvgIpc) is 3.20. The maximum absolute atomic E-state index is 12.9. The Bertz CT molecular complexity index is 1070. The normalized spacial score (nSPS) is 15.6. The molecule has 1 aromatic heterocycles. The molecule has 0 bridgehead atoms. The molecule has 3 aromatic rings. The van der Waals surface area contributed by atoms with Crippen LogP contribution in [0.4, 0.5) is 0 Å².